The summed E-state index contributed by atoms with van der Waals surface area (Å²) in [5, 5.41) is 5.89. The number of pyridine rings is 1. The van der Waals surface area contributed by atoms with Crippen molar-refractivity contribution < 1.29 is 14.4 Å². The van der Waals surface area contributed by atoms with Crippen LogP contribution < -0.4 is 15.5 Å². The maximum atomic E-state index is 13.0. The SMILES string of the molecule is O=C1CCC(N2Cc3cc(C4CN(Cc5ccc(N6CCC(Nc7ncc(C8CC8)cn7)CC6)cn5)C4)ccc3C2=O)C(=O)N1. The van der Waals surface area contributed by atoms with E-state index in [1.54, 1.807) is 4.90 Å². The molecular weight excluding hydrogens is 568 g/mol. The van der Waals surface area contributed by atoms with Gasteiger partial charge >= 0.3 is 0 Å². The van der Waals surface area contributed by atoms with E-state index < -0.39 is 6.04 Å². The number of aromatic nitrogens is 3. The molecule has 11 heteroatoms. The van der Waals surface area contributed by atoms with Crippen molar-refractivity contribution >= 4 is 29.4 Å². The van der Waals surface area contributed by atoms with Gasteiger partial charge in [-0.15, -0.1) is 0 Å². The molecule has 1 saturated carbocycles. The smallest absolute Gasteiger partial charge is 0.255 e. The highest BCUT2D eigenvalue weighted by molar-refractivity contribution is 6.05. The molecule has 4 aliphatic heterocycles. The Hall–Kier alpha value is -4.38. The van der Waals surface area contributed by atoms with Gasteiger partial charge < -0.3 is 15.1 Å². The highest BCUT2D eigenvalue weighted by Crippen LogP contribution is 2.39. The van der Waals surface area contributed by atoms with E-state index in [0.29, 0.717) is 36.4 Å². The van der Waals surface area contributed by atoms with E-state index in [4.69, 9.17) is 4.98 Å². The summed E-state index contributed by atoms with van der Waals surface area (Å²) < 4.78 is 0. The average molecular weight is 607 g/mol. The van der Waals surface area contributed by atoms with Gasteiger partial charge in [0.1, 0.15) is 6.04 Å². The molecule has 1 aromatic carbocycles. The molecule has 3 amide bonds. The van der Waals surface area contributed by atoms with Crippen molar-refractivity contribution in [3.05, 3.63) is 76.9 Å². The Morgan fingerprint density at radius 1 is 0.844 bits per heavy atom. The molecule has 45 heavy (non-hydrogen) atoms. The minimum absolute atomic E-state index is 0.124. The fourth-order valence-electron chi connectivity index (χ4n) is 7.19. The summed E-state index contributed by atoms with van der Waals surface area (Å²) >= 11 is 0. The fraction of sp³-hybridized carbons (Fsp3) is 0.471. The second-order valence-corrected chi connectivity index (χ2v) is 13.2. The maximum absolute atomic E-state index is 13.0. The van der Waals surface area contributed by atoms with Crippen LogP contribution in [0.1, 0.15) is 83.1 Å². The van der Waals surface area contributed by atoms with Gasteiger partial charge in [0.05, 0.1) is 17.6 Å². The molecule has 5 aliphatic rings. The number of carbonyl (C=O) groups excluding carboxylic acids is 3. The van der Waals surface area contributed by atoms with Gasteiger partial charge in [0.25, 0.3) is 5.91 Å². The summed E-state index contributed by atoms with van der Waals surface area (Å²) in [6.45, 7) is 5.07. The number of imide groups is 1. The predicted octanol–water partition coefficient (Wildman–Crippen LogP) is 3.19. The van der Waals surface area contributed by atoms with Gasteiger partial charge in [-0.25, -0.2) is 9.97 Å². The number of carbonyl (C=O) groups is 3. The lowest BCUT2D eigenvalue weighted by Gasteiger charge is -2.39. The monoisotopic (exact) mass is 606 g/mol. The zero-order valence-electron chi connectivity index (χ0n) is 25.3. The number of rotatable bonds is 8. The molecule has 3 aromatic rings. The largest absolute Gasteiger partial charge is 0.370 e. The molecule has 0 bridgehead atoms. The molecule has 0 radical (unpaired) electrons. The predicted molar refractivity (Wildman–Crippen MR) is 168 cm³/mol. The highest BCUT2D eigenvalue weighted by atomic mass is 16.2. The zero-order chi connectivity index (χ0) is 30.5. The number of nitrogens with one attached hydrogen (secondary N) is 2. The van der Waals surface area contributed by atoms with Crippen LogP contribution in [0.3, 0.4) is 0 Å². The summed E-state index contributed by atoms with van der Waals surface area (Å²) in [6.07, 6.45) is 11.2. The van der Waals surface area contributed by atoms with Crippen molar-refractivity contribution in [2.45, 2.75) is 75.5 Å². The molecule has 0 spiro atoms. The van der Waals surface area contributed by atoms with Crippen molar-refractivity contribution in [2.24, 2.45) is 0 Å². The molecule has 6 heterocycles. The first-order chi connectivity index (χ1) is 22.0. The molecule has 2 aromatic heterocycles. The van der Waals surface area contributed by atoms with Gasteiger partial charge in [-0.1, -0.05) is 12.1 Å². The first-order valence-electron chi connectivity index (χ1n) is 16.2. The molecule has 232 valence electrons. The Bertz CT molecular complexity index is 1610. The highest BCUT2D eigenvalue weighted by Gasteiger charge is 2.39. The number of hydrogen-bond donors (Lipinski definition) is 2. The molecule has 1 aliphatic carbocycles. The van der Waals surface area contributed by atoms with Crippen molar-refractivity contribution in [2.75, 3.05) is 36.4 Å². The number of anilines is 2. The van der Waals surface area contributed by atoms with Crippen LogP contribution in [0.25, 0.3) is 0 Å². The Morgan fingerprint density at radius 2 is 1.64 bits per heavy atom. The van der Waals surface area contributed by atoms with Crippen LogP contribution in [-0.2, 0) is 22.7 Å². The molecule has 2 N–H and O–H groups in total. The summed E-state index contributed by atoms with van der Waals surface area (Å²) in [7, 11) is 0. The molecule has 4 fully saturated rings. The number of benzene rings is 1. The second kappa shape index (κ2) is 11.5. The van der Waals surface area contributed by atoms with Crippen molar-refractivity contribution in [1.29, 1.82) is 0 Å². The lowest BCUT2D eigenvalue weighted by molar-refractivity contribution is -0.136. The van der Waals surface area contributed by atoms with Crippen LogP contribution >= 0.6 is 0 Å². The van der Waals surface area contributed by atoms with Gasteiger partial charge in [0, 0.05) is 75.6 Å². The third-order valence-corrected chi connectivity index (χ3v) is 10.1. The number of piperidine rings is 2. The van der Waals surface area contributed by atoms with Crippen molar-refractivity contribution in [3.63, 3.8) is 0 Å². The maximum Gasteiger partial charge on any atom is 0.255 e. The number of nitrogens with zero attached hydrogens (tertiary/aromatic N) is 6. The molecular formula is C34H38N8O3. The summed E-state index contributed by atoms with van der Waals surface area (Å²) in [6, 6.07) is 10.2. The minimum atomic E-state index is -0.581. The van der Waals surface area contributed by atoms with E-state index in [-0.39, 0.29) is 24.1 Å². The van der Waals surface area contributed by atoms with E-state index >= 15 is 0 Å². The topological polar surface area (TPSA) is 124 Å². The van der Waals surface area contributed by atoms with Gasteiger partial charge in [0.2, 0.25) is 17.8 Å². The summed E-state index contributed by atoms with van der Waals surface area (Å²) in [4.78, 5) is 57.2. The number of hydrogen-bond acceptors (Lipinski definition) is 9. The van der Waals surface area contributed by atoms with E-state index in [0.717, 1.165) is 62.8 Å². The quantitative estimate of drug-likeness (QED) is 0.372. The lowest BCUT2D eigenvalue weighted by Crippen LogP contribution is -2.52. The average Bonchev–Trinajstić information content (AvgIpc) is 3.83. The third-order valence-electron chi connectivity index (χ3n) is 10.1. The van der Waals surface area contributed by atoms with Crippen LogP contribution in [0.4, 0.5) is 11.6 Å². The Labute approximate surface area is 262 Å². The Morgan fingerprint density at radius 3 is 2.36 bits per heavy atom. The van der Waals surface area contributed by atoms with Crippen LogP contribution in [0.5, 0.6) is 0 Å². The van der Waals surface area contributed by atoms with Gasteiger partial charge in [-0.3, -0.25) is 29.6 Å². The fourth-order valence-corrected chi connectivity index (χ4v) is 7.19. The number of likely N-dealkylation sites (tertiary alicyclic amines) is 1. The first-order valence-corrected chi connectivity index (χ1v) is 16.2. The zero-order valence-corrected chi connectivity index (χ0v) is 25.3. The normalized spacial score (nSPS) is 22.8. The number of fused-ring (bicyclic) bond motifs is 1. The van der Waals surface area contributed by atoms with Crippen molar-refractivity contribution in [1.82, 2.24) is 30.1 Å². The van der Waals surface area contributed by atoms with Gasteiger partial charge in [-0.2, -0.15) is 0 Å². The molecule has 11 nitrogen and oxygen atoms in total. The van der Waals surface area contributed by atoms with Crippen LogP contribution in [0, 0.1) is 0 Å². The molecule has 1 unspecified atom stereocenters. The Kier molecular flexibility index (Phi) is 7.20. The summed E-state index contributed by atoms with van der Waals surface area (Å²) in [5.41, 5.74) is 6.36. The van der Waals surface area contributed by atoms with Crippen LogP contribution in [-0.4, -0.2) is 80.7 Å². The third kappa shape index (κ3) is 5.77. The van der Waals surface area contributed by atoms with E-state index in [1.807, 2.05) is 24.7 Å². The molecule has 3 saturated heterocycles. The second-order valence-electron chi connectivity index (χ2n) is 13.2. The lowest BCUT2D eigenvalue weighted by atomic mass is 9.89. The first kappa shape index (κ1) is 28.1. The molecule has 8 rings (SSSR count). The van der Waals surface area contributed by atoms with E-state index in [1.165, 1.54) is 29.7 Å². The van der Waals surface area contributed by atoms with E-state index in [9.17, 15) is 14.4 Å². The van der Waals surface area contributed by atoms with Gasteiger partial charge in [-0.05, 0) is 72.9 Å². The Balaban J connectivity index is 0.801. The minimum Gasteiger partial charge on any atom is -0.370 e. The summed E-state index contributed by atoms with van der Waals surface area (Å²) in [5.74, 6) is 1.06. The standard InChI is InChI=1S/C34H38N8O3/c43-31-8-7-30(32(44)39-31)42-19-23-13-22(3-6-29(23)33(42)45)25-17-40(18-25)20-27-4-5-28(16-35-27)41-11-9-26(10-12-41)38-34-36-14-24(15-37-34)21-1-2-21/h3-6,13-16,21,25-26,30H,1-2,7-12,17-20H2,(H,36,37,38)(H,39,43,44). The van der Waals surface area contributed by atoms with Crippen LogP contribution in [0.15, 0.2) is 48.9 Å². The van der Waals surface area contributed by atoms with E-state index in [2.05, 4.69) is 54.7 Å². The molecule has 1 atom stereocenters. The van der Waals surface area contributed by atoms with Crippen LogP contribution in [0.2, 0.25) is 0 Å². The van der Waals surface area contributed by atoms with Crippen molar-refractivity contribution in [3.8, 4) is 0 Å². The number of amides is 3. The van der Waals surface area contributed by atoms with Gasteiger partial charge in [0.15, 0.2) is 0 Å².